The van der Waals surface area contributed by atoms with Gasteiger partial charge in [0, 0.05) is 31.3 Å². The number of hydrazine groups is 1. The van der Waals surface area contributed by atoms with Gasteiger partial charge in [-0.25, -0.2) is 5.43 Å². The van der Waals surface area contributed by atoms with Gasteiger partial charge in [0.2, 0.25) is 11.9 Å². The van der Waals surface area contributed by atoms with Gasteiger partial charge >= 0.3 is 0 Å². The van der Waals surface area contributed by atoms with Gasteiger partial charge in [0.15, 0.2) is 11.5 Å². The first-order chi connectivity index (χ1) is 19.7. The minimum absolute atomic E-state index is 0.0446. The van der Waals surface area contributed by atoms with Crippen molar-refractivity contribution >= 4 is 11.9 Å². The standard InChI is InChI=1S/C30H39N7O3/c1-39-24-16-15-20(19-25(24)40-2)17-18-31-27(38)14-8-13-26-33-34-30-36(26)23-12-7-6-11-22(23)29-32-28(35-37(29)30)21-9-4-3-5-10-21/h3-5,9-10,15-16,19,22-23,28-29,32,35H,6-8,11-14,17-18H2,1-2H3,(H,31,38). The Balaban J connectivity index is 1.06. The highest BCUT2D eigenvalue weighted by atomic mass is 16.5. The number of amides is 1. The predicted molar refractivity (Wildman–Crippen MR) is 152 cm³/mol. The van der Waals surface area contributed by atoms with Crippen LogP contribution in [0.2, 0.25) is 0 Å². The zero-order valence-electron chi connectivity index (χ0n) is 23.3. The number of nitrogens with zero attached hydrogens (tertiary/aromatic N) is 4. The van der Waals surface area contributed by atoms with Gasteiger partial charge in [0.1, 0.15) is 18.2 Å². The summed E-state index contributed by atoms with van der Waals surface area (Å²) in [4.78, 5) is 12.6. The molecule has 40 heavy (non-hydrogen) atoms. The highest BCUT2D eigenvalue weighted by Gasteiger charge is 2.48. The van der Waals surface area contributed by atoms with Crippen LogP contribution in [0.1, 0.15) is 67.7 Å². The van der Waals surface area contributed by atoms with Crippen molar-refractivity contribution in [3.05, 3.63) is 65.5 Å². The van der Waals surface area contributed by atoms with Crippen LogP contribution in [-0.4, -0.2) is 47.6 Å². The highest BCUT2D eigenvalue weighted by Crippen LogP contribution is 2.45. The molecule has 0 spiro atoms. The van der Waals surface area contributed by atoms with Gasteiger partial charge in [-0.3, -0.25) is 19.7 Å². The maximum absolute atomic E-state index is 12.6. The summed E-state index contributed by atoms with van der Waals surface area (Å²) in [6.07, 6.45) is 7.69. The normalized spacial score (nSPS) is 23.2. The lowest BCUT2D eigenvalue weighted by molar-refractivity contribution is -0.121. The third-order valence-corrected chi connectivity index (χ3v) is 8.49. The van der Waals surface area contributed by atoms with E-state index in [9.17, 15) is 4.79 Å². The summed E-state index contributed by atoms with van der Waals surface area (Å²) < 4.78 is 13.0. The Hall–Kier alpha value is -3.63. The van der Waals surface area contributed by atoms with Crippen molar-refractivity contribution in [3.8, 4) is 11.5 Å². The van der Waals surface area contributed by atoms with Crippen LogP contribution in [0, 0.1) is 5.92 Å². The minimum Gasteiger partial charge on any atom is -0.493 e. The van der Waals surface area contributed by atoms with Crippen LogP contribution in [-0.2, 0) is 17.6 Å². The van der Waals surface area contributed by atoms with Gasteiger partial charge in [-0.1, -0.05) is 49.2 Å². The number of methoxy groups -OCH3 is 2. The Morgan fingerprint density at radius 1 is 1.02 bits per heavy atom. The van der Waals surface area contributed by atoms with Crippen LogP contribution in [0.4, 0.5) is 5.95 Å². The van der Waals surface area contributed by atoms with E-state index in [0.29, 0.717) is 36.4 Å². The fraction of sp³-hybridized carbons (Fsp3) is 0.500. The fourth-order valence-electron chi connectivity index (χ4n) is 6.51. The number of anilines is 1. The molecule has 1 saturated heterocycles. The van der Waals surface area contributed by atoms with E-state index in [1.165, 1.54) is 24.8 Å². The van der Waals surface area contributed by atoms with E-state index < -0.39 is 0 Å². The van der Waals surface area contributed by atoms with Crippen LogP contribution >= 0.6 is 0 Å². The summed E-state index contributed by atoms with van der Waals surface area (Å²) in [5, 5.41) is 18.3. The summed E-state index contributed by atoms with van der Waals surface area (Å²) >= 11 is 0. The van der Waals surface area contributed by atoms with E-state index in [-0.39, 0.29) is 18.2 Å². The zero-order valence-corrected chi connectivity index (χ0v) is 23.3. The topological polar surface area (TPSA) is 106 Å². The number of carbonyl (C=O) groups is 1. The lowest BCUT2D eigenvalue weighted by atomic mass is 9.81. The van der Waals surface area contributed by atoms with E-state index in [1.54, 1.807) is 14.2 Å². The first kappa shape index (κ1) is 26.6. The lowest BCUT2D eigenvalue weighted by Gasteiger charge is -2.44. The Morgan fingerprint density at radius 2 is 1.85 bits per heavy atom. The van der Waals surface area contributed by atoms with Gasteiger partial charge in [0.05, 0.1) is 14.2 Å². The molecule has 3 aliphatic rings. The van der Waals surface area contributed by atoms with Gasteiger partial charge in [-0.05, 0) is 48.9 Å². The number of aryl methyl sites for hydroxylation is 1. The Bertz CT molecular complexity index is 1310. The molecule has 10 heteroatoms. The van der Waals surface area contributed by atoms with Gasteiger partial charge < -0.3 is 14.8 Å². The summed E-state index contributed by atoms with van der Waals surface area (Å²) in [5.41, 5.74) is 5.96. The molecule has 1 amide bonds. The SMILES string of the molecule is COc1ccc(CCNC(=O)CCCc2nnc3n2C2CCCCC2C2NC(c4ccccc4)NN32)cc1OC. The Labute approximate surface area is 235 Å². The monoisotopic (exact) mass is 545 g/mol. The molecule has 2 fully saturated rings. The van der Waals surface area contributed by atoms with E-state index in [1.807, 2.05) is 24.3 Å². The number of carbonyl (C=O) groups excluding carboxylic acids is 1. The molecule has 4 atom stereocenters. The summed E-state index contributed by atoms with van der Waals surface area (Å²) in [5.74, 6) is 3.81. The molecule has 4 unspecified atom stereocenters. The molecule has 0 radical (unpaired) electrons. The largest absolute Gasteiger partial charge is 0.493 e. The summed E-state index contributed by atoms with van der Waals surface area (Å²) in [6, 6.07) is 16.7. The first-order valence-electron chi connectivity index (χ1n) is 14.4. The van der Waals surface area contributed by atoms with E-state index in [0.717, 1.165) is 43.0 Å². The number of ether oxygens (including phenoxy) is 2. The average Bonchev–Trinajstić information content (AvgIpc) is 3.63. The van der Waals surface area contributed by atoms with Crippen molar-refractivity contribution < 1.29 is 14.3 Å². The van der Waals surface area contributed by atoms with Crippen molar-refractivity contribution in [2.75, 3.05) is 25.8 Å². The second-order valence-electron chi connectivity index (χ2n) is 10.9. The number of hydrogen-bond acceptors (Lipinski definition) is 8. The molecule has 0 bridgehead atoms. The number of rotatable bonds is 10. The predicted octanol–water partition coefficient (Wildman–Crippen LogP) is 3.66. The maximum atomic E-state index is 12.6. The maximum Gasteiger partial charge on any atom is 0.243 e. The van der Waals surface area contributed by atoms with Gasteiger partial charge in [-0.15, -0.1) is 10.2 Å². The summed E-state index contributed by atoms with van der Waals surface area (Å²) in [6.45, 7) is 0.579. The number of hydrogen-bond donors (Lipinski definition) is 3. The third-order valence-electron chi connectivity index (χ3n) is 8.49. The minimum atomic E-state index is 0.0446. The highest BCUT2D eigenvalue weighted by molar-refractivity contribution is 5.75. The Morgan fingerprint density at radius 3 is 2.67 bits per heavy atom. The zero-order chi connectivity index (χ0) is 27.5. The second kappa shape index (κ2) is 11.9. The molecule has 2 aromatic carbocycles. The lowest BCUT2D eigenvalue weighted by Crippen LogP contribution is -2.53. The quantitative estimate of drug-likeness (QED) is 0.355. The first-order valence-corrected chi connectivity index (χ1v) is 14.4. The van der Waals surface area contributed by atoms with Crippen molar-refractivity contribution in [3.63, 3.8) is 0 Å². The summed E-state index contributed by atoms with van der Waals surface area (Å²) in [7, 11) is 3.25. The van der Waals surface area contributed by atoms with Crippen molar-refractivity contribution in [2.24, 2.45) is 5.92 Å². The molecule has 6 rings (SSSR count). The molecule has 1 saturated carbocycles. The molecule has 1 aliphatic carbocycles. The molecular formula is C30H39N7O3. The van der Waals surface area contributed by atoms with Crippen LogP contribution in [0.15, 0.2) is 48.5 Å². The fourth-order valence-corrected chi connectivity index (χ4v) is 6.51. The van der Waals surface area contributed by atoms with E-state index in [4.69, 9.17) is 9.47 Å². The number of aromatic nitrogens is 3. The molecule has 2 aliphatic heterocycles. The van der Waals surface area contributed by atoms with Crippen LogP contribution in [0.3, 0.4) is 0 Å². The number of benzene rings is 2. The molecule has 212 valence electrons. The van der Waals surface area contributed by atoms with E-state index in [2.05, 4.69) is 60.1 Å². The number of fused-ring (bicyclic) bond motifs is 6. The van der Waals surface area contributed by atoms with Crippen molar-refractivity contribution in [1.82, 2.24) is 30.8 Å². The van der Waals surface area contributed by atoms with Crippen molar-refractivity contribution in [2.45, 2.75) is 69.7 Å². The van der Waals surface area contributed by atoms with Gasteiger partial charge in [0.25, 0.3) is 0 Å². The second-order valence-corrected chi connectivity index (χ2v) is 10.9. The van der Waals surface area contributed by atoms with Crippen molar-refractivity contribution in [1.29, 1.82) is 0 Å². The van der Waals surface area contributed by atoms with Crippen LogP contribution in [0.25, 0.3) is 0 Å². The van der Waals surface area contributed by atoms with E-state index >= 15 is 0 Å². The average molecular weight is 546 g/mol. The molecular weight excluding hydrogens is 506 g/mol. The molecule has 3 aromatic rings. The Kier molecular flexibility index (Phi) is 7.88. The van der Waals surface area contributed by atoms with Crippen LogP contribution < -0.4 is 30.5 Å². The smallest absolute Gasteiger partial charge is 0.243 e. The van der Waals surface area contributed by atoms with Gasteiger partial charge in [-0.2, -0.15) is 0 Å². The molecule has 10 nitrogen and oxygen atoms in total. The number of nitrogens with one attached hydrogen (secondary N) is 3. The van der Waals surface area contributed by atoms with Crippen LogP contribution in [0.5, 0.6) is 11.5 Å². The molecule has 1 aromatic heterocycles. The molecule has 3 N–H and O–H groups in total. The molecule has 3 heterocycles. The third kappa shape index (κ3) is 5.25.